The molecule has 28 heavy (non-hydrogen) atoms. The number of imide groups is 1. The Morgan fingerprint density at radius 2 is 2.18 bits per heavy atom. The fraction of sp³-hybridized carbons (Fsp3) is 0.579. The number of piperidine rings is 1. The topological polar surface area (TPSA) is 87.0 Å². The van der Waals surface area contributed by atoms with Crippen LogP contribution in [0, 0.1) is 13.8 Å². The van der Waals surface area contributed by atoms with Gasteiger partial charge in [-0.05, 0) is 33.1 Å². The number of carbonyl (C=O) groups is 3. The molecule has 4 rings (SSSR count). The van der Waals surface area contributed by atoms with Crippen molar-refractivity contribution in [3.05, 3.63) is 22.6 Å². The Kier molecular flexibility index (Phi) is 5.09. The van der Waals surface area contributed by atoms with E-state index in [2.05, 4.69) is 22.0 Å². The van der Waals surface area contributed by atoms with Crippen LogP contribution in [-0.4, -0.2) is 63.2 Å². The fourth-order valence-electron chi connectivity index (χ4n) is 4.18. The van der Waals surface area contributed by atoms with E-state index >= 15 is 0 Å². The minimum atomic E-state index is -0.360. The summed E-state index contributed by atoms with van der Waals surface area (Å²) in [6.45, 7) is 5.91. The molecule has 2 fully saturated rings. The highest BCUT2D eigenvalue weighted by atomic mass is 32.1. The Morgan fingerprint density at radius 3 is 2.93 bits per heavy atom. The van der Waals surface area contributed by atoms with E-state index in [1.807, 2.05) is 11.8 Å². The van der Waals surface area contributed by atoms with E-state index in [0.29, 0.717) is 25.9 Å². The summed E-state index contributed by atoms with van der Waals surface area (Å²) in [7, 11) is 0. The number of urea groups is 1. The maximum Gasteiger partial charge on any atom is 0.324 e. The van der Waals surface area contributed by atoms with Gasteiger partial charge >= 0.3 is 6.03 Å². The zero-order valence-electron chi connectivity index (χ0n) is 16.2. The van der Waals surface area contributed by atoms with E-state index in [1.54, 1.807) is 11.3 Å². The van der Waals surface area contributed by atoms with Crippen LogP contribution in [0.2, 0.25) is 0 Å². The maximum atomic E-state index is 12.7. The summed E-state index contributed by atoms with van der Waals surface area (Å²) in [4.78, 5) is 45.0. The van der Waals surface area contributed by atoms with Crippen LogP contribution in [0.4, 0.5) is 4.79 Å². The number of aromatic nitrogens is 2. The number of thiazole rings is 1. The Bertz CT molecular complexity index is 918. The first-order valence-electron chi connectivity index (χ1n) is 9.74. The van der Waals surface area contributed by atoms with Gasteiger partial charge in [-0.15, -0.1) is 11.3 Å². The van der Waals surface area contributed by atoms with Gasteiger partial charge in [-0.25, -0.2) is 9.78 Å². The van der Waals surface area contributed by atoms with Crippen LogP contribution in [0.25, 0.3) is 4.83 Å². The minimum absolute atomic E-state index is 0.0569. The molecule has 2 saturated heterocycles. The van der Waals surface area contributed by atoms with Crippen LogP contribution in [0.15, 0.2) is 5.38 Å². The summed E-state index contributed by atoms with van der Waals surface area (Å²) >= 11 is 1.71. The molecule has 4 amide bonds. The van der Waals surface area contributed by atoms with Crippen LogP contribution >= 0.6 is 11.3 Å². The molecule has 0 aliphatic carbocycles. The zero-order valence-corrected chi connectivity index (χ0v) is 17.0. The maximum absolute atomic E-state index is 12.7. The summed E-state index contributed by atoms with van der Waals surface area (Å²) in [6.07, 6.45) is 2.85. The highest BCUT2D eigenvalue weighted by Crippen LogP contribution is 2.33. The number of imidazole rings is 1. The molecule has 9 heteroatoms. The largest absolute Gasteiger partial charge is 0.342 e. The monoisotopic (exact) mass is 403 g/mol. The first kappa shape index (κ1) is 18.9. The van der Waals surface area contributed by atoms with Crippen LogP contribution < -0.4 is 5.32 Å². The summed E-state index contributed by atoms with van der Waals surface area (Å²) in [5.74, 6) is 1.12. The average Bonchev–Trinajstić information content (AvgIpc) is 3.33. The van der Waals surface area contributed by atoms with Crippen LogP contribution in [-0.2, 0) is 9.59 Å². The van der Waals surface area contributed by atoms with Crippen molar-refractivity contribution in [2.75, 3.05) is 26.2 Å². The molecular formula is C19H25N5O3S. The Morgan fingerprint density at radius 1 is 1.36 bits per heavy atom. The van der Waals surface area contributed by atoms with Crippen molar-refractivity contribution in [2.24, 2.45) is 0 Å². The number of likely N-dealkylation sites (tertiary alicyclic amines) is 1. The van der Waals surface area contributed by atoms with Gasteiger partial charge in [0, 0.05) is 43.0 Å². The third-order valence-electron chi connectivity index (χ3n) is 5.59. The molecule has 2 aromatic rings. The SMILES string of the molecule is Cc1csc2c(C3CCCN(C(=O)CCCN4C(=O)CNC4=O)C3)nc(C)n12. The van der Waals surface area contributed by atoms with Gasteiger partial charge in [0.15, 0.2) is 0 Å². The van der Waals surface area contributed by atoms with Crippen LogP contribution in [0.1, 0.15) is 48.8 Å². The number of hydrogen-bond donors (Lipinski definition) is 1. The number of carbonyl (C=O) groups excluding carboxylic acids is 3. The van der Waals surface area contributed by atoms with E-state index < -0.39 is 0 Å². The van der Waals surface area contributed by atoms with Gasteiger partial charge in [0.05, 0.1) is 12.2 Å². The number of nitrogens with one attached hydrogen (secondary N) is 1. The predicted octanol–water partition coefficient (Wildman–Crippen LogP) is 2.05. The van der Waals surface area contributed by atoms with E-state index in [-0.39, 0.29) is 30.3 Å². The quantitative estimate of drug-likeness (QED) is 0.774. The molecule has 0 spiro atoms. The van der Waals surface area contributed by atoms with Crippen LogP contribution in [0.3, 0.4) is 0 Å². The standard InChI is InChI=1S/C19H25N5O3S/c1-12-11-28-18-17(21-13(2)24(12)18)14-5-3-7-22(10-14)15(25)6-4-8-23-16(26)9-20-19(23)27/h11,14H,3-10H2,1-2H3,(H,20,27). The average molecular weight is 404 g/mol. The van der Waals surface area contributed by atoms with Crippen molar-refractivity contribution in [3.8, 4) is 0 Å². The Labute approximate surface area is 167 Å². The molecular weight excluding hydrogens is 378 g/mol. The van der Waals surface area contributed by atoms with Crippen molar-refractivity contribution < 1.29 is 14.4 Å². The molecule has 1 atom stereocenters. The molecule has 2 aliphatic heterocycles. The molecule has 1 unspecified atom stereocenters. The summed E-state index contributed by atoms with van der Waals surface area (Å²) in [5, 5.41) is 4.65. The second kappa shape index (κ2) is 7.54. The number of nitrogens with zero attached hydrogens (tertiary/aromatic N) is 4. The van der Waals surface area contributed by atoms with Gasteiger partial charge in [-0.2, -0.15) is 0 Å². The molecule has 1 N–H and O–H groups in total. The highest BCUT2D eigenvalue weighted by Gasteiger charge is 2.30. The van der Waals surface area contributed by atoms with Crippen molar-refractivity contribution in [1.82, 2.24) is 24.5 Å². The van der Waals surface area contributed by atoms with E-state index in [9.17, 15) is 14.4 Å². The lowest BCUT2D eigenvalue weighted by Crippen LogP contribution is -2.39. The highest BCUT2D eigenvalue weighted by molar-refractivity contribution is 7.15. The van der Waals surface area contributed by atoms with Crippen LogP contribution in [0.5, 0.6) is 0 Å². The third-order valence-corrected chi connectivity index (χ3v) is 6.67. The first-order chi connectivity index (χ1) is 13.5. The number of fused-ring (bicyclic) bond motifs is 1. The lowest BCUT2D eigenvalue weighted by atomic mass is 9.95. The molecule has 8 nitrogen and oxygen atoms in total. The van der Waals surface area contributed by atoms with Gasteiger partial charge in [0.2, 0.25) is 11.8 Å². The van der Waals surface area contributed by atoms with Crippen molar-refractivity contribution in [1.29, 1.82) is 0 Å². The lowest BCUT2D eigenvalue weighted by molar-refractivity contribution is -0.133. The predicted molar refractivity (Wildman–Crippen MR) is 105 cm³/mol. The van der Waals surface area contributed by atoms with E-state index in [4.69, 9.17) is 4.98 Å². The molecule has 0 saturated carbocycles. The second-order valence-electron chi connectivity index (χ2n) is 7.55. The number of rotatable bonds is 5. The van der Waals surface area contributed by atoms with Crippen molar-refractivity contribution >= 4 is 34.0 Å². The lowest BCUT2D eigenvalue weighted by Gasteiger charge is -2.32. The molecule has 0 aromatic carbocycles. The van der Waals surface area contributed by atoms with Gasteiger partial charge in [0.1, 0.15) is 10.7 Å². The molecule has 150 valence electrons. The number of aryl methyl sites for hydroxylation is 2. The number of amides is 4. The molecule has 4 heterocycles. The summed E-state index contributed by atoms with van der Waals surface area (Å²) in [5.41, 5.74) is 2.30. The summed E-state index contributed by atoms with van der Waals surface area (Å²) < 4.78 is 2.19. The molecule has 2 aliphatic rings. The van der Waals surface area contributed by atoms with E-state index in [1.165, 1.54) is 15.4 Å². The Hall–Kier alpha value is -2.42. The first-order valence-corrected chi connectivity index (χ1v) is 10.6. The minimum Gasteiger partial charge on any atom is -0.342 e. The Balaban J connectivity index is 1.37. The smallest absolute Gasteiger partial charge is 0.324 e. The molecule has 2 aromatic heterocycles. The van der Waals surface area contributed by atoms with Gasteiger partial charge in [-0.1, -0.05) is 0 Å². The van der Waals surface area contributed by atoms with E-state index in [0.717, 1.165) is 30.9 Å². The van der Waals surface area contributed by atoms with Crippen molar-refractivity contribution in [2.45, 2.75) is 45.4 Å². The van der Waals surface area contributed by atoms with Crippen molar-refractivity contribution in [3.63, 3.8) is 0 Å². The van der Waals surface area contributed by atoms with Gasteiger partial charge in [-0.3, -0.25) is 18.9 Å². The summed E-state index contributed by atoms with van der Waals surface area (Å²) in [6, 6.07) is -0.360. The van der Waals surface area contributed by atoms with Gasteiger partial charge in [0.25, 0.3) is 0 Å². The second-order valence-corrected chi connectivity index (χ2v) is 8.41. The normalized spacial score (nSPS) is 20.3. The number of hydrogen-bond acceptors (Lipinski definition) is 5. The fourth-order valence-corrected chi connectivity index (χ4v) is 5.28. The molecule has 0 radical (unpaired) electrons. The van der Waals surface area contributed by atoms with Gasteiger partial charge < -0.3 is 10.2 Å². The molecule has 0 bridgehead atoms. The zero-order chi connectivity index (χ0) is 19.8. The third kappa shape index (κ3) is 3.39.